The molecule has 0 saturated heterocycles. The second-order valence-electron chi connectivity index (χ2n) is 8.92. The topological polar surface area (TPSA) is 105 Å². The number of likely N-dealkylation sites (N-methyl/N-ethyl adjacent to an activating group) is 1. The van der Waals surface area contributed by atoms with Gasteiger partial charge < -0.3 is 19.9 Å². The van der Waals surface area contributed by atoms with E-state index in [-0.39, 0.29) is 24.9 Å². The van der Waals surface area contributed by atoms with E-state index in [1.165, 1.54) is 21.2 Å². The Morgan fingerprint density at radius 1 is 1.00 bits per heavy atom. The van der Waals surface area contributed by atoms with Crippen LogP contribution in [0.15, 0.2) is 66.7 Å². The summed E-state index contributed by atoms with van der Waals surface area (Å²) < 4.78 is 11.0. The number of hydrogen-bond donors (Lipinski definition) is 2. The summed E-state index contributed by atoms with van der Waals surface area (Å²) in [5.74, 6) is -1.11. The van der Waals surface area contributed by atoms with Gasteiger partial charge in [0.05, 0.1) is 12.7 Å². The number of ether oxygens (including phenoxy) is 2. The van der Waals surface area contributed by atoms with Crippen LogP contribution in [0, 0.1) is 0 Å². The summed E-state index contributed by atoms with van der Waals surface area (Å²) in [5.41, 5.74) is 5.59. The molecule has 0 radical (unpaired) electrons. The van der Waals surface area contributed by atoms with Gasteiger partial charge in [0.1, 0.15) is 18.4 Å². The molecule has 1 aliphatic rings. The third-order valence-corrected chi connectivity index (χ3v) is 6.82. The number of carbonyl (C=O) groups excluding carboxylic acids is 2. The van der Waals surface area contributed by atoms with E-state index in [2.05, 4.69) is 17.4 Å². The van der Waals surface area contributed by atoms with Gasteiger partial charge in [0.25, 0.3) is 5.91 Å². The Morgan fingerprint density at radius 2 is 1.62 bits per heavy atom. The Bertz CT molecular complexity index is 1280. The number of carboxylic acid groups (broad SMARTS) is 1. The highest BCUT2D eigenvalue weighted by atomic mass is 16.6. The minimum absolute atomic E-state index is 0.112. The molecule has 0 heterocycles. The molecule has 4 rings (SSSR count). The molecule has 0 fully saturated rings. The van der Waals surface area contributed by atoms with Gasteiger partial charge in [0.2, 0.25) is 0 Å². The maximum atomic E-state index is 12.9. The maximum Gasteiger partial charge on any atom is 0.410 e. The van der Waals surface area contributed by atoms with E-state index in [4.69, 9.17) is 9.47 Å². The van der Waals surface area contributed by atoms with Crippen LogP contribution >= 0.6 is 0 Å². The van der Waals surface area contributed by atoms with Gasteiger partial charge in [-0.1, -0.05) is 54.6 Å². The second-order valence-corrected chi connectivity index (χ2v) is 8.92. The highest BCUT2D eigenvalue weighted by molar-refractivity contribution is 5.96. The molecule has 192 valence electrons. The Kier molecular flexibility index (Phi) is 7.77. The number of aliphatic carboxylic acids is 1. The number of aryl methyl sites for hydroxylation is 1. The lowest BCUT2D eigenvalue weighted by atomic mass is 9.98. The van der Waals surface area contributed by atoms with Crippen molar-refractivity contribution in [1.29, 1.82) is 0 Å². The van der Waals surface area contributed by atoms with E-state index in [1.54, 1.807) is 18.2 Å². The highest BCUT2D eigenvalue weighted by Gasteiger charge is 2.32. The summed E-state index contributed by atoms with van der Waals surface area (Å²) in [5, 5.41) is 12.4. The molecule has 0 aliphatic heterocycles. The van der Waals surface area contributed by atoms with Crippen molar-refractivity contribution in [3.05, 3.63) is 89.0 Å². The number of nitrogens with zero attached hydrogens (tertiary/aromatic N) is 1. The number of hydrogen-bond acceptors (Lipinski definition) is 5. The van der Waals surface area contributed by atoms with Crippen LogP contribution in [0.25, 0.3) is 11.1 Å². The van der Waals surface area contributed by atoms with E-state index in [9.17, 15) is 19.5 Å². The SMILES string of the molecule is CNC(=O)c1ccc(CCC(C(=O)O)N(C)C(=O)OCC2c3ccccc3-c3ccccc32)cc1OC. The monoisotopic (exact) mass is 502 g/mol. The van der Waals surface area contributed by atoms with E-state index >= 15 is 0 Å². The molecule has 1 aliphatic carbocycles. The average molecular weight is 503 g/mol. The lowest BCUT2D eigenvalue weighted by Gasteiger charge is -2.25. The lowest BCUT2D eigenvalue weighted by Crippen LogP contribution is -2.43. The Labute approximate surface area is 215 Å². The molecule has 2 N–H and O–H groups in total. The molecule has 0 aromatic heterocycles. The summed E-state index contributed by atoms with van der Waals surface area (Å²) in [6, 6.07) is 20.1. The first-order valence-electron chi connectivity index (χ1n) is 12.0. The first-order valence-corrected chi connectivity index (χ1v) is 12.0. The predicted octanol–water partition coefficient (Wildman–Crippen LogP) is 4.32. The third kappa shape index (κ3) is 5.28. The van der Waals surface area contributed by atoms with Crippen LogP contribution in [0.4, 0.5) is 4.79 Å². The Morgan fingerprint density at radius 3 is 2.19 bits per heavy atom. The summed E-state index contributed by atoms with van der Waals surface area (Å²) >= 11 is 0. The largest absolute Gasteiger partial charge is 0.496 e. The Balaban J connectivity index is 1.42. The number of methoxy groups -OCH3 is 1. The third-order valence-electron chi connectivity index (χ3n) is 6.82. The van der Waals surface area contributed by atoms with Crippen LogP contribution in [0.3, 0.4) is 0 Å². The van der Waals surface area contributed by atoms with Crippen LogP contribution in [-0.2, 0) is 16.0 Å². The maximum absolute atomic E-state index is 12.9. The van der Waals surface area contributed by atoms with Crippen molar-refractivity contribution in [1.82, 2.24) is 10.2 Å². The van der Waals surface area contributed by atoms with Gasteiger partial charge in [-0.3, -0.25) is 9.69 Å². The number of carbonyl (C=O) groups is 3. The van der Waals surface area contributed by atoms with Gasteiger partial charge in [-0.05, 0) is 52.8 Å². The standard InChI is InChI=1S/C29H30N2O6/c1-30-27(32)23-14-12-18(16-26(23)36-3)13-15-25(28(33)34)31(2)29(35)37-17-24-21-10-6-4-8-19(21)20-9-5-7-11-22(20)24/h4-12,14,16,24-25H,13,15,17H2,1-3H3,(H,30,32)(H,33,34). The molecule has 3 aromatic rings. The van der Waals surface area contributed by atoms with Gasteiger partial charge in [-0.15, -0.1) is 0 Å². The second kappa shape index (κ2) is 11.2. The molecule has 37 heavy (non-hydrogen) atoms. The number of rotatable bonds is 9. The van der Waals surface area contributed by atoms with Crippen molar-refractivity contribution in [3.63, 3.8) is 0 Å². The quantitative estimate of drug-likeness (QED) is 0.452. The molecule has 8 heteroatoms. The summed E-state index contributed by atoms with van der Waals surface area (Å²) in [7, 11) is 4.44. The van der Waals surface area contributed by atoms with Crippen LogP contribution in [0.5, 0.6) is 5.75 Å². The molecular formula is C29H30N2O6. The van der Waals surface area contributed by atoms with E-state index in [0.717, 1.165) is 32.7 Å². The minimum atomic E-state index is -1.12. The van der Waals surface area contributed by atoms with Crippen molar-refractivity contribution in [2.75, 3.05) is 27.8 Å². The first-order chi connectivity index (χ1) is 17.8. The number of fused-ring (bicyclic) bond motifs is 3. The van der Waals surface area contributed by atoms with Gasteiger partial charge in [-0.25, -0.2) is 9.59 Å². The van der Waals surface area contributed by atoms with Crippen LogP contribution in [-0.4, -0.2) is 61.8 Å². The molecule has 3 aromatic carbocycles. The zero-order chi connectivity index (χ0) is 26.5. The summed E-state index contributed by atoms with van der Waals surface area (Å²) in [6.45, 7) is 0.113. The molecule has 8 nitrogen and oxygen atoms in total. The lowest BCUT2D eigenvalue weighted by molar-refractivity contribution is -0.142. The fraction of sp³-hybridized carbons (Fsp3) is 0.276. The normalized spacial score (nSPS) is 12.7. The van der Waals surface area contributed by atoms with Crippen molar-refractivity contribution in [2.24, 2.45) is 0 Å². The molecule has 0 spiro atoms. The molecule has 0 bridgehead atoms. The number of benzene rings is 3. The predicted molar refractivity (Wildman–Crippen MR) is 139 cm³/mol. The molecular weight excluding hydrogens is 472 g/mol. The molecule has 2 amide bonds. The molecule has 0 saturated carbocycles. The van der Waals surface area contributed by atoms with Crippen molar-refractivity contribution >= 4 is 18.0 Å². The minimum Gasteiger partial charge on any atom is -0.496 e. The van der Waals surface area contributed by atoms with Crippen molar-refractivity contribution in [2.45, 2.75) is 24.8 Å². The van der Waals surface area contributed by atoms with Crippen molar-refractivity contribution in [3.8, 4) is 16.9 Å². The number of amides is 2. The fourth-order valence-corrected chi connectivity index (χ4v) is 4.82. The average Bonchev–Trinajstić information content (AvgIpc) is 3.24. The van der Waals surface area contributed by atoms with Crippen LogP contribution < -0.4 is 10.1 Å². The van der Waals surface area contributed by atoms with Crippen LogP contribution in [0.2, 0.25) is 0 Å². The van der Waals surface area contributed by atoms with Gasteiger partial charge in [0, 0.05) is 20.0 Å². The van der Waals surface area contributed by atoms with Gasteiger partial charge in [0.15, 0.2) is 0 Å². The smallest absolute Gasteiger partial charge is 0.410 e. The summed E-state index contributed by atoms with van der Waals surface area (Å²) in [6.07, 6.45) is -0.164. The zero-order valence-electron chi connectivity index (χ0n) is 21.1. The van der Waals surface area contributed by atoms with E-state index < -0.39 is 18.1 Å². The van der Waals surface area contributed by atoms with Crippen molar-refractivity contribution < 1.29 is 29.0 Å². The van der Waals surface area contributed by atoms with E-state index in [1.807, 2.05) is 36.4 Å². The highest BCUT2D eigenvalue weighted by Crippen LogP contribution is 2.44. The molecule has 1 atom stereocenters. The fourth-order valence-electron chi connectivity index (χ4n) is 4.82. The Hall–Kier alpha value is -4.33. The summed E-state index contributed by atoms with van der Waals surface area (Å²) in [4.78, 5) is 38.1. The number of carboxylic acids is 1. The zero-order valence-corrected chi connectivity index (χ0v) is 21.1. The number of nitrogens with one attached hydrogen (secondary N) is 1. The van der Waals surface area contributed by atoms with Crippen LogP contribution in [0.1, 0.15) is 39.4 Å². The first kappa shape index (κ1) is 25.8. The molecule has 1 unspecified atom stereocenters. The van der Waals surface area contributed by atoms with Gasteiger partial charge >= 0.3 is 12.1 Å². The van der Waals surface area contributed by atoms with Gasteiger partial charge in [-0.2, -0.15) is 0 Å². The van der Waals surface area contributed by atoms with E-state index in [0.29, 0.717) is 17.7 Å².